The Morgan fingerprint density at radius 2 is 2.05 bits per heavy atom. The molecule has 0 spiro atoms. The monoisotopic (exact) mass is 290 g/mol. The second kappa shape index (κ2) is 6.61. The molecule has 1 aliphatic rings. The Morgan fingerprint density at radius 3 is 2.67 bits per heavy atom. The van der Waals surface area contributed by atoms with Gasteiger partial charge in [0.25, 0.3) is 0 Å². The van der Waals surface area contributed by atoms with Crippen LogP contribution in [0.25, 0.3) is 0 Å². The number of rotatable bonds is 4. The number of hydrogen-bond donors (Lipinski definition) is 2. The van der Waals surface area contributed by atoms with Crippen molar-refractivity contribution >= 4 is 17.7 Å². The van der Waals surface area contributed by atoms with Crippen molar-refractivity contribution in [1.82, 2.24) is 4.90 Å². The molecule has 2 N–H and O–H groups in total. The van der Waals surface area contributed by atoms with Crippen LogP contribution in [0.15, 0.2) is 24.3 Å². The number of carboxylic acid groups (broad SMARTS) is 1. The summed E-state index contributed by atoms with van der Waals surface area (Å²) in [6, 6.07) is 7.53. The summed E-state index contributed by atoms with van der Waals surface area (Å²) >= 11 is 0. The minimum absolute atomic E-state index is 0.0147. The molecule has 5 heteroatoms. The summed E-state index contributed by atoms with van der Waals surface area (Å²) in [4.78, 5) is 25.0. The zero-order valence-corrected chi connectivity index (χ0v) is 12.5. The van der Waals surface area contributed by atoms with E-state index in [-0.39, 0.29) is 18.5 Å². The van der Waals surface area contributed by atoms with Crippen molar-refractivity contribution in [2.75, 3.05) is 18.4 Å². The Balaban J connectivity index is 2.04. The molecular weight excluding hydrogens is 268 g/mol. The summed E-state index contributed by atoms with van der Waals surface area (Å²) in [6.45, 7) is 4.73. The molecule has 1 aromatic rings. The number of nitrogens with one attached hydrogen (secondary N) is 1. The van der Waals surface area contributed by atoms with E-state index in [0.717, 1.165) is 24.1 Å². The molecule has 1 fully saturated rings. The number of nitrogens with zero attached hydrogens (tertiary/aromatic N) is 1. The van der Waals surface area contributed by atoms with Crippen LogP contribution in [0.5, 0.6) is 0 Å². The third kappa shape index (κ3) is 3.54. The van der Waals surface area contributed by atoms with E-state index in [1.165, 1.54) is 0 Å². The van der Waals surface area contributed by atoms with Gasteiger partial charge in [-0.05, 0) is 24.0 Å². The summed E-state index contributed by atoms with van der Waals surface area (Å²) in [7, 11) is 0. The van der Waals surface area contributed by atoms with Gasteiger partial charge < -0.3 is 15.3 Å². The van der Waals surface area contributed by atoms with E-state index in [1.54, 1.807) is 4.90 Å². The van der Waals surface area contributed by atoms with Crippen molar-refractivity contribution in [2.45, 2.75) is 26.7 Å². The van der Waals surface area contributed by atoms with Gasteiger partial charge in [-0.2, -0.15) is 0 Å². The van der Waals surface area contributed by atoms with Crippen LogP contribution in [-0.2, 0) is 11.2 Å². The molecule has 1 heterocycles. The Labute approximate surface area is 125 Å². The third-order valence-corrected chi connectivity index (χ3v) is 4.00. The van der Waals surface area contributed by atoms with Crippen molar-refractivity contribution in [3.05, 3.63) is 29.8 Å². The van der Waals surface area contributed by atoms with Gasteiger partial charge in [0.2, 0.25) is 0 Å². The number of para-hydroxylation sites is 1. The van der Waals surface area contributed by atoms with Crippen LogP contribution in [0.3, 0.4) is 0 Å². The molecule has 2 atom stereocenters. The summed E-state index contributed by atoms with van der Waals surface area (Å²) in [5, 5.41) is 12.0. The molecular formula is C16H22N2O3. The van der Waals surface area contributed by atoms with Crippen LogP contribution in [0.1, 0.15) is 25.8 Å². The maximum absolute atomic E-state index is 12.3. The van der Waals surface area contributed by atoms with Crippen molar-refractivity contribution in [3.8, 4) is 0 Å². The van der Waals surface area contributed by atoms with Gasteiger partial charge in [0.1, 0.15) is 0 Å². The van der Waals surface area contributed by atoms with E-state index in [4.69, 9.17) is 5.11 Å². The summed E-state index contributed by atoms with van der Waals surface area (Å²) in [5.74, 6) is -1.31. The molecule has 0 aliphatic carbocycles. The predicted molar refractivity (Wildman–Crippen MR) is 81.3 cm³/mol. The van der Waals surface area contributed by atoms with Gasteiger partial charge in [-0.25, -0.2) is 4.79 Å². The molecule has 0 radical (unpaired) electrons. The van der Waals surface area contributed by atoms with E-state index < -0.39 is 11.9 Å². The molecule has 2 amide bonds. The first kappa shape index (κ1) is 15.4. The molecule has 5 nitrogen and oxygen atoms in total. The summed E-state index contributed by atoms with van der Waals surface area (Å²) < 4.78 is 0. The Bertz CT molecular complexity index is 530. The second-order valence-corrected chi connectivity index (χ2v) is 5.66. The summed E-state index contributed by atoms with van der Waals surface area (Å²) in [5.41, 5.74) is 1.92. The van der Waals surface area contributed by atoms with Crippen LogP contribution in [0, 0.1) is 11.8 Å². The van der Waals surface area contributed by atoms with Gasteiger partial charge in [0.05, 0.1) is 5.92 Å². The molecule has 1 aliphatic heterocycles. The highest BCUT2D eigenvalue weighted by molar-refractivity contribution is 5.91. The number of benzene rings is 1. The van der Waals surface area contributed by atoms with Gasteiger partial charge in [0, 0.05) is 18.8 Å². The number of amides is 2. The number of carboxylic acids is 1. The standard InChI is InChI=1S/C16H22N2O3/c1-3-6-12-7-4-5-8-14(12)17-16(21)18-9-11(2)13(10-18)15(19)20/h4-5,7-8,11,13H,3,6,9-10H2,1-2H3,(H,17,21)(H,19,20)/t11-,13-/m1/s1. The first-order valence-electron chi connectivity index (χ1n) is 7.39. The number of carbonyl (C=O) groups is 2. The van der Waals surface area contributed by atoms with Crippen molar-refractivity contribution < 1.29 is 14.7 Å². The number of likely N-dealkylation sites (tertiary alicyclic amines) is 1. The third-order valence-electron chi connectivity index (χ3n) is 4.00. The molecule has 1 saturated heterocycles. The molecule has 1 aromatic carbocycles. The minimum Gasteiger partial charge on any atom is -0.481 e. The lowest BCUT2D eigenvalue weighted by Crippen LogP contribution is -2.34. The molecule has 0 saturated carbocycles. The fraction of sp³-hybridized carbons (Fsp3) is 0.500. The summed E-state index contributed by atoms with van der Waals surface area (Å²) in [6.07, 6.45) is 1.92. The minimum atomic E-state index is -0.829. The normalized spacial score (nSPS) is 21.3. The SMILES string of the molecule is CCCc1ccccc1NC(=O)N1C[C@@H](C)[C@H](C(=O)O)C1. The van der Waals surface area contributed by atoms with Gasteiger partial charge in [-0.15, -0.1) is 0 Å². The van der Waals surface area contributed by atoms with Crippen LogP contribution < -0.4 is 5.32 Å². The Kier molecular flexibility index (Phi) is 4.83. The second-order valence-electron chi connectivity index (χ2n) is 5.66. The number of urea groups is 1. The lowest BCUT2D eigenvalue weighted by atomic mass is 9.99. The zero-order valence-electron chi connectivity index (χ0n) is 12.5. The van der Waals surface area contributed by atoms with Gasteiger partial charge in [-0.3, -0.25) is 4.79 Å². The number of aliphatic carboxylic acids is 1. The average molecular weight is 290 g/mol. The number of hydrogen-bond acceptors (Lipinski definition) is 2. The Morgan fingerprint density at radius 1 is 1.33 bits per heavy atom. The van der Waals surface area contributed by atoms with Crippen LogP contribution in [0.2, 0.25) is 0 Å². The smallest absolute Gasteiger partial charge is 0.321 e. The molecule has 0 unspecified atom stereocenters. The maximum atomic E-state index is 12.3. The van der Waals surface area contributed by atoms with Crippen molar-refractivity contribution in [1.29, 1.82) is 0 Å². The lowest BCUT2D eigenvalue weighted by Gasteiger charge is -2.18. The molecule has 0 bridgehead atoms. The number of carbonyl (C=O) groups excluding carboxylic acids is 1. The topological polar surface area (TPSA) is 69.6 Å². The maximum Gasteiger partial charge on any atom is 0.321 e. The molecule has 114 valence electrons. The highest BCUT2D eigenvalue weighted by Gasteiger charge is 2.37. The lowest BCUT2D eigenvalue weighted by molar-refractivity contribution is -0.142. The molecule has 2 rings (SSSR count). The number of anilines is 1. The zero-order chi connectivity index (χ0) is 15.4. The van der Waals surface area contributed by atoms with Crippen molar-refractivity contribution in [2.24, 2.45) is 11.8 Å². The first-order chi connectivity index (χ1) is 10.0. The van der Waals surface area contributed by atoms with E-state index in [1.807, 2.05) is 31.2 Å². The van der Waals surface area contributed by atoms with E-state index in [2.05, 4.69) is 12.2 Å². The molecule has 21 heavy (non-hydrogen) atoms. The first-order valence-corrected chi connectivity index (χ1v) is 7.39. The fourth-order valence-electron chi connectivity index (χ4n) is 2.78. The number of aryl methyl sites for hydroxylation is 1. The quantitative estimate of drug-likeness (QED) is 0.896. The fourth-order valence-corrected chi connectivity index (χ4v) is 2.78. The van der Waals surface area contributed by atoms with Crippen LogP contribution in [-0.4, -0.2) is 35.1 Å². The Hall–Kier alpha value is -2.04. The average Bonchev–Trinajstić information content (AvgIpc) is 2.83. The highest BCUT2D eigenvalue weighted by atomic mass is 16.4. The predicted octanol–water partition coefficient (Wildman–Crippen LogP) is 2.82. The van der Waals surface area contributed by atoms with E-state index in [0.29, 0.717) is 6.54 Å². The van der Waals surface area contributed by atoms with Gasteiger partial charge >= 0.3 is 12.0 Å². The van der Waals surface area contributed by atoms with E-state index in [9.17, 15) is 9.59 Å². The van der Waals surface area contributed by atoms with Gasteiger partial charge in [-0.1, -0.05) is 38.5 Å². The highest BCUT2D eigenvalue weighted by Crippen LogP contribution is 2.24. The van der Waals surface area contributed by atoms with Gasteiger partial charge in [0.15, 0.2) is 0 Å². The van der Waals surface area contributed by atoms with Crippen LogP contribution in [0.4, 0.5) is 10.5 Å². The largest absolute Gasteiger partial charge is 0.481 e. The van der Waals surface area contributed by atoms with E-state index >= 15 is 0 Å². The molecule has 0 aromatic heterocycles. The van der Waals surface area contributed by atoms with Crippen molar-refractivity contribution in [3.63, 3.8) is 0 Å². The van der Waals surface area contributed by atoms with Crippen LogP contribution >= 0.6 is 0 Å².